The minimum atomic E-state index is -0.417. The van der Waals surface area contributed by atoms with Gasteiger partial charge in [0.1, 0.15) is 8.98 Å². The molecule has 68 valence electrons. The molecule has 2 atom stereocenters. The fraction of sp³-hybridized carbons (Fsp3) is 0.333. The van der Waals surface area contributed by atoms with Gasteiger partial charge in [-0.15, -0.1) is 23.2 Å². The van der Waals surface area contributed by atoms with E-state index in [-0.39, 0.29) is 8.98 Å². The highest BCUT2D eigenvalue weighted by atomic mass is 35.5. The van der Waals surface area contributed by atoms with Crippen molar-refractivity contribution in [1.82, 2.24) is 0 Å². The number of hydrogen-bond donors (Lipinski definition) is 0. The van der Waals surface area contributed by atoms with E-state index in [4.69, 9.17) is 69.6 Å². The zero-order valence-corrected chi connectivity index (χ0v) is 9.96. The molecule has 0 aromatic carbocycles. The summed E-state index contributed by atoms with van der Waals surface area (Å²) in [6, 6.07) is 0. The molecule has 0 aliphatic heterocycles. The van der Waals surface area contributed by atoms with Crippen LogP contribution in [0.25, 0.3) is 0 Å². The lowest BCUT2D eigenvalue weighted by Gasteiger charge is -2.34. The Labute approximate surface area is 100.0 Å². The minimum absolute atomic E-state index is 0.0562. The average Bonchev–Trinajstić information content (AvgIpc) is 1.96. The van der Waals surface area contributed by atoms with Crippen molar-refractivity contribution >= 4 is 69.6 Å². The fourth-order valence-electron chi connectivity index (χ4n) is 0.906. The molecule has 0 aromatic heterocycles. The molecule has 1 aliphatic rings. The van der Waals surface area contributed by atoms with E-state index in [1.807, 2.05) is 0 Å². The molecule has 1 fully saturated rings. The Balaban J connectivity index is 3.08. The van der Waals surface area contributed by atoms with Gasteiger partial charge in [0.2, 0.25) is 0 Å². The topological polar surface area (TPSA) is 0 Å². The second kappa shape index (κ2) is 4.16. The Kier molecular flexibility index (Phi) is 3.92. The first-order valence-electron chi connectivity index (χ1n) is 2.85. The van der Waals surface area contributed by atoms with Crippen LogP contribution < -0.4 is 0 Å². The van der Waals surface area contributed by atoms with E-state index in [0.717, 1.165) is 0 Å². The van der Waals surface area contributed by atoms with E-state index in [1.165, 1.54) is 0 Å². The third-order valence-electron chi connectivity index (χ3n) is 1.51. The molecule has 2 unspecified atom stereocenters. The molecule has 0 nitrogen and oxygen atoms in total. The van der Waals surface area contributed by atoms with Crippen LogP contribution in [0, 0.1) is 0 Å². The largest absolute Gasteiger partial charge is 0.116 e. The van der Waals surface area contributed by atoms with E-state index >= 15 is 0 Å². The standard InChI is InChI=1S/C6H2Cl6/c7-3-1(5(9)10)2(4(3)8)6(11)12/h3-4H. The van der Waals surface area contributed by atoms with Crippen molar-refractivity contribution in [3.8, 4) is 0 Å². The summed E-state index contributed by atoms with van der Waals surface area (Å²) in [5.74, 6) is 0. The molecule has 0 N–H and O–H groups in total. The summed E-state index contributed by atoms with van der Waals surface area (Å²) in [5, 5.41) is -0.835. The van der Waals surface area contributed by atoms with Crippen molar-refractivity contribution in [2.75, 3.05) is 0 Å². The van der Waals surface area contributed by atoms with Gasteiger partial charge in [-0.2, -0.15) is 0 Å². The van der Waals surface area contributed by atoms with Crippen molar-refractivity contribution in [1.29, 1.82) is 0 Å². The van der Waals surface area contributed by atoms with Crippen molar-refractivity contribution in [3.05, 3.63) is 20.1 Å². The van der Waals surface area contributed by atoms with Crippen LogP contribution in [0.15, 0.2) is 20.1 Å². The molecule has 0 radical (unpaired) electrons. The van der Waals surface area contributed by atoms with Crippen molar-refractivity contribution in [2.45, 2.75) is 10.8 Å². The number of hydrogen-bond acceptors (Lipinski definition) is 0. The number of rotatable bonds is 0. The molecule has 1 rings (SSSR count). The summed E-state index contributed by atoms with van der Waals surface area (Å²) in [6.45, 7) is 0. The maximum absolute atomic E-state index is 5.79. The highest BCUT2D eigenvalue weighted by molar-refractivity contribution is 6.60. The molecule has 0 bridgehead atoms. The van der Waals surface area contributed by atoms with E-state index in [0.29, 0.717) is 11.1 Å². The van der Waals surface area contributed by atoms with Crippen LogP contribution in [0.5, 0.6) is 0 Å². The second-order valence-electron chi connectivity index (χ2n) is 2.15. The third kappa shape index (κ3) is 1.84. The molecule has 0 spiro atoms. The molecule has 0 saturated heterocycles. The van der Waals surface area contributed by atoms with Gasteiger partial charge in [0, 0.05) is 11.1 Å². The zero-order chi connectivity index (χ0) is 9.46. The quantitative estimate of drug-likeness (QED) is 0.571. The number of alkyl halides is 2. The summed E-state index contributed by atoms with van der Waals surface area (Å²) in [6.07, 6.45) is 0. The van der Waals surface area contributed by atoms with E-state index in [1.54, 1.807) is 0 Å². The Morgan fingerprint density at radius 3 is 1.17 bits per heavy atom. The highest BCUT2D eigenvalue weighted by Gasteiger charge is 2.42. The number of allylic oxidation sites excluding steroid dienone is 2. The molecule has 0 amide bonds. The van der Waals surface area contributed by atoms with Crippen LogP contribution in [0.2, 0.25) is 0 Å². The summed E-state index contributed by atoms with van der Waals surface area (Å²) in [7, 11) is 0. The van der Waals surface area contributed by atoms with Crippen molar-refractivity contribution in [2.24, 2.45) is 0 Å². The predicted octanol–water partition coefficient (Wildman–Crippen LogP) is 4.59. The molecule has 1 saturated carbocycles. The van der Waals surface area contributed by atoms with Crippen LogP contribution in [-0.4, -0.2) is 10.8 Å². The Morgan fingerprint density at radius 1 is 0.750 bits per heavy atom. The SMILES string of the molecule is ClC(Cl)=C1C(=C(Cl)Cl)C(Cl)C1Cl. The van der Waals surface area contributed by atoms with E-state index < -0.39 is 10.8 Å². The third-order valence-corrected chi connectivity index (χ3v) is 3.39. The molecule has 6 heteroatoms. The van der Waals surface area contributed by atoms with Crippen LogP contribution in [-0.2, 0) is 0 Å². The lowest BCUT2D eigenvalue weighted by Crippen LogP contribution is -2.35. The smallest absolute Gasteiger partial charge is 0.112 e. The van der Waals surface area contributed by atoms with Gasteiger partial charge in [0.25, 0.3) is 0 Å². The van der Waals surface area contributed by atoms with Crippen LogP contribution in [0.3, 0.4) is 0 Å². The molecule has 12 heavy (non-hydrogen) atoms. The second-order valence-corrected chi connectivity index (χ2v) is 4.99. The van der Waals surface area contributed by atoms with Gasteiger partial charge in [0.15, 0.2) is 0 Å². The van der Waals surface area contributed by atoms with E-state index in [2.05, 4.69) is 0 Å². The minimum Gasteiger partial charge on any atom is -0.116 e. The van der Waals surface area contributed by atoms with Gasteiger partial charge in [-0.1, -0.05) is 46.4 Å². The van der Waals surface area contributed by atoms with Gasteiger partial charge in [-0.05, 0) is 0 Å². The molecule has 0 heterocycles. The lowest BCUT2D eigenvalue weighted by atomic mass is 9.87. The Bertz CT molecular complexity index is 229. The summed E-state index contributed by atoms with van der Waals surface area (Å²) in [4.78, 5) is 0. The van der Waals surface area contributed by atoms with Crippen LogP contribution in [0.4, 0.5) is 0 Å². The Hall–Kier alpha value is 1.22. The predicted molar refractivity (Wildman–Crippen MR) is 56.7 cm³/mol. The summed E-state index contributed by atoms with van der Waals surface area (Å²) < 4.78 is 0.112. The van der Waals surface area contributed by atoms with Gasteiger partial charge in [0.05, 0.1) is 10.8 Å². The zero-order valence-electron chi connectivity index (χ0n) is 5.42. The lowest BCUT2D eigenvalue weighted by molar-refractivity contribution is 0.843. The van der Waals surface area contributed by atoms with Gasteiger partial charge < -0.3 is 0 Å². The molecule has 0 aromatic rings. The van der Waals surface area contributed by atoms with Crippen molar-refractivity contribution in [3.63, 3.8) is 0 Å². The normalized spacial score (nSPS) is 28.5. The first kappa shape index (κ1) is 11.3. The Morgan fingerprint density at radius 2 is 1.00 bits per heavy atom. The fourth-order valence-corrected chi connectivity index (χ4v) is 2.71. The molecular formula is C6H2Cl6. The first-order valence-corrected chi connectivity index (χ1v) is 5.24. The molecular weight excluding hydrogens is 285 g/mol. The van der Waals surface area contributed by atoms with Crippen LogP contribution in [0.1, 0.15) is 0 Å². The highest BCUT2D eigenvalue weighted by Crippen LogP contribution is 2.48. The monoisotopic (exact) mass is 284 g/mol. The van der Waals surface area contributed by atoms with Gasteiger partial charge in [-0.3, -0.25) is 0 Å². The van der Waals surface area contributed by atoms with Gasteiger partial charge in [-0.25, -0.2) is 0 Å². The summed E-state index contributed by atoms with van der Waals surface area (Å²) in [5.41, 5.74) is 1.03. The average molecular weight is 287 g/mol. The molecule has 1 aliphatic carbocycles. The summed E-state index contributed by atoms with van der Waals surface area (Å²) >= 11 is 33.7. The number of halogens is 6. The van der Waals surface area contributed by atoms with Gasteiger partial charge >= 0.3 is 0 Å². The maximum atomic E-state index is 5.79. The first-order chi connectivity index (χ1) is 5.46. The maximum Gasteiger partial charge on any atom is 0.112 e. The van der Waals surface area contributed by atoms with Crippen LogP contribution >= 0.6 is 69.6 Å². The van der Waals surface area contributed by atoms with Crippen molar-refractivity contribution < 1.29 is 0 Å². The van der Waals surface area contributed by atoms with E-state index in [9.17, 15) is 0 Å².